The zero-order valence-electron chi connectivity index (χ0n) is 13.5. The van der Waals surface area contributed by atoms with Crippen LogP contribution in [0.2, 0.25) is 0 Å². The molecule has 0 saturated heterocycles. The molecule has 0 unspecified atom stereocenters. The van der Waals surface area contributed by atoms with E-state index in [1.165, 1.54) is 11.8 Å². The topological polar surface area (TPSA) is 45.1 Å². The highest BCUT2D eigenvalue weighted by atomic mass is 79.9. The molecule has 0 aromatic heterocycles. The van der Waals surface area contributed by atoms with Crippen molar-refractivity contribution in [3.8, 4) is 5.75 Å². The van der Waals surface area contributed by atoms with Crippen molar-refractivity contribution in [1.29, 1.82) is 5.41 Å². The van der Waals surface area contributed by atoms with Crippen LogP contribution in [0.1, 0.15) is 30.5 Å². The van der Waals surface area contributed by atoms with E-state index in [4.69, 9.17) is 10.1 Å². The Kier molecular flexibility index (Phi) is 7.67. The molecule has 0 atom stereocenters. The Balaban J connectivity index is 0.00000116. The Labute approximate surface area is 141 Å². The molecule has 2 aromatic rings. The monoisotopic (exact) mass is 362 g/mol. The van der Waals surface area contributed by atoms with E-state index in [2.05, 4.69) is 21.2 Å². The molecular weight excluding hydrogens is 340 g/mol. The number of halogens is 1. The third-order valence-corrected chi connectivity index (χ3v) is 3.57. The molecule has 3 nitrogen and oxygen atoms in total. The van der Waals surface area contributed by atoms with E-state index in [0.717, 1.165) is 27.0 Å². The lowest BCUT2D eigenvalue weighted by atomic mass is 10.1. The van der Waals surface area contributed by atoms with Crippen LogP contribution in [0.4, 0.5) is 5.69 Å². The molecule has 0 bridgehead atoms. The van der Waals surface area contributed by atoms with E-state index >= 15 is 0 Å². The van der Waals surface area contributed by atoms with Gasteiger partial charge in [-0.3, -0.25) is 0 Å². The smallest absolute Gasteiger partial charge is 0.118 e. The van der Waals surface area contributed by atoms with Gasteiger partial charge < -0.3 is 15.5 Å². The Bertz CT molecular complexity index is 609. The van der Waals surface area contributed by atoms with Crippen molar-refractivity contribution in [2.24, 2.45) is 0 Å². The number of aryl methyl sites for hydroxylation is 1. The van der Waals surface area contributed by atoms with Crippen molar-refractivity contribution in [1.82, 2.24) is 0 Å². The number of ether oxygens (including phenoxy) is 1. The molecule has 0 saturated carbocycles. The minimum atomic E-state index is 0.716. The van der Waals surface area contributed by atoms with E-state index in [1.54, 1.807) is 7.11 Å². The summed E-state index contributed by atoms with van der Waals surface area (Å²) < 4.78 is 6.13. The van der Waals surface area contributed by atoms with Crippen LogP contribution in [0.5, 0.6) is 5.75 Å². The van der Waals surface area contributed by atoms with Gasteiger partial charge in [-0.15, -0.1) is 0 Å². The first-order chi connectivity index (χ1) is 10.6. The second-order valence-electron chi connectivity index (χ2n) is 4.53. The van der Waals surface area contributed by atoms with E-state index < -0.39 is 0 Å². The normalized spacial score (nSPS) is 9.50. The molecule has 0 aliphatic heterocycles. The molecule has 0 aliphatic carbocycles. The van der Waals surface area contributed by atoms with Crippen LogP contribution in [-0.2, 0) is 6.54 Å². The van der Waals surface area contributed by atoms with Gasteiger partial charge in [-0.05, 0) is 42.3 Å². The second-order valence-corrected chi connectivity index (χ2v) is 5.45. The van der Waals surface area contributed by atoms with Gasteiger partial charge in [0.25, 0.3) is 0 Å². The highest BCUT2D eigenvalue weighted by molar-refractivity contribution is 9.10. The van der Waals surface area contributed by atoms with Gasteiger partial charge in [0.05, 0.1) is 7.11 Å². The van der Waals surface area contributed by atoms with Crippen molar-refractivity contribution in [2.45, 2.75) is 27.3 Å². The average Bonchev–Trinajstić information content (AvgIpc) is 2.55. The lowest BCUT2D eigenvalue weighted by molar-refractivity contribution is 0.414. The van der Waals surface area contributed by atoms with Gasteiger partial charge >= 0.3 is 0 Å². The summed E-state index contributed by atoms with van der Waals surface area (Å²) in [7, 11) is 1.66. The highest BCUT2D eigenvalue weighted by Crippen LogP contribution is 2.25. The van der Waals surface area contributed by atoms with Crippen molar-refractivity contribution in [2.75, 3.05) is 12.4 Å². The third-order valence-electron chi connectivity index (χ3n) is 3.11. The van der Waals surface area contributed by atoms with Gasteiger partial charge in [0.1, 0.15) is 5.75 Å². The first-order valence-corrected chi connectivity index (χ1v) is 8.10. The van der Waals surface area contributed by atoms with E-state index in [-0.39, 0.29) is 0 Å². The van der Waals surface area contributed by atoms with Crippen LogP contribution < -0.4 is 10.1 Å². The zero-order chi connectivity index (χ0) is 16.5. The van der Waals surface area contributed by atoms with Gasteiger partial charge in [-0.2, -0.15) is 0 Å². The van der Waals surface area contributed by atoms with Crippen LogP contribution in [0.3, 0.4) is 0 Å². The largest absolute Gasteiger partial charge is 0.497 e. The Morgan fingerprint density at radius 2 is 1.82 bits per heavy atom. The quantitative estimate of drug-likeness (QED) is 0.699. The van der Waals surface area contributed by atoms with Crippen molar-refractivity contribution in [3.05, 3.63) is 57.6 Å². The summed E-state index contributed by atoms with van der Waals surface area (Å²) in [5.74, 6) is 0.855. The number of anilines is 1. The summed E-state index contributed by atoms with van der Waals surface area (Å²) in [6, 6.07) is 11.9. The Hall–Kier alpha value is -1.81. The molecule has 4 heteroatoms. The summed E-state index contributed by atoms with van der Waals surface area (Å²) >= 11 is 3.45. The van der Waals surface area contributed by atoms with Gasteiger partial charge in [-0.1, -0.05) is 41.9 Å². The van der Waals surface area contributed by atoms with Crippen LogP contribution in [0, 0.1) is 12.3 Å². The number of methoxy groups -OCH3 is 1. The predicted molar refractivity (Wildman–Crippen MR) is 98.4 cm³/mol. The van der Waals surface area contributed by atoms with Gasteiger partial charge in [0, 0.05) is 28.5 Å². The third kappa shape index (κ3) is 4.88. The van der Waals surface area contributed by atoms with Gasteiger partial charge in [-0.25, -0.2) is 0 Å². The summed E-state index contributed by atoms with van der Waals surface area (Å²) in [5.41, 5.74) is 4.17. The predicted octanol–water partition coefficient (Wildman–Crippen LogP) is 5.40. The average molecular weight is 363 g/mol. The van der Waals surface area contributed by atoms with E-state index in [0.29, 0.717) is 6.54 Å². The minimum Gasteiger partial charge on any atom is -0.497 e. The zero-order valence-corrected chi connectivity index (χ0v) is 15.1. The molecule has 0 heterocycles. The molecule has 2 aromatic carbocycles. The SMILES string of the molecule is CC.COc1ccc(CNc2c(C)cc(Br)cc2C=N)cc1. The van der Waals surface area contributed by atoms with Crippen molar-refractivity contribution >= 4 is 27.8 Å². The molecule has 0 radical (unpaired) electrons. The standard InChI is InChI=1S/C16H17BrN2O.C2H6/c1-11-7-14(17)8-13(9-18)16(11)19-10-12-3-5-15(20-2)6-4-12;1-2/h3-9,18-19H,10H2,1-2H3;1-2H3. The Morgan fingerprint density at radius 1 is 1.18 bits per heavy atom. The number of hydrogen-bond acceptors (Lipinski definition) is 3. The Morgan fingerprint density at radius 3 is 2.36 bits per heavy atom. The van der Waals surface area contributed by atoms with Crippen LogP contribution in [0.25, 0.3) is 0 Å². The van der Waals surface area contributed by atoms with Gasteiger partial charge in [0.2, 0.25) is 0 Å². The number of hydrogen-bond donors (Lipinski definition) is 2. The van der Waals surface area contributed by atoms with Crippen molar-refractivity contribution in [3.63, 3.8) is 0 Å². The summed E-state index contributed by atoms with van der Waals surface area (Å²) in [4.78, 5) is 0. The second kappa shape index (κ2) is 9.26. The summed E-state index contributed by atoms with van der Waals surface area (Å²) in [6.45, 7) is 6.75. The molecule has 0 aliphatic rings. The molecule has 0 spiro atoms. The number of nitrogens with one attached hydrogen (secondary N) is 2. The first kappa shape index (κ1) is 18.2. The molecule has 2 N–H and O–H groups in total. The van der Waals surface area contributed by atoms with Crippen LogP contribution in [0.15, 0.2) is 40.9 Å². The summed E-state index contributed by atoms with van der Waals surface area (Å²) in [6.07, 6.45) is 1.37. The molecule has 0 fully saturated rings. The van der Waals surface area contributed by atoms with Gasteiger partial charge in [0.15, 0.2) is 0 Å². The first-order valence-electron chi connectivity index (χ1n) is 7.31. The number of benzene rings is 2. The fourth-order valence-corrected chi connectivity index (χ4v) is 2.65. The molecule has 22 heavy (non-hydrogen) atoms. The minimum absolute atomic E-state index is 0.716. The molecule has 0 amide bonds. The fourth-order valence-electron chi connectivity index (χ4n) is 2.06. The maximum Gasteiger partial charge on any atom is 0.118 e. The maximum atomic E-state index is 7.51. The molecule has 2 rings (SSSR count). The number of rotatable bonds is 5. The lowest BCUT2D eigenvalue weighted by Crippen LogP contribution is -2.04. The van der Waals surface area contributed by atoms with Crippen LogP contribution >= 0.6 is 15.9 Å². The van der Waals surface area contributed by atoms with Crippen LogP contribution in [-0.4, -0.2) is 13.3 Å². The molecule has 118 valence electrons. The lowest BCUT2D eigenvalue weighted by Gasteiger charge is -2.13. The van der Waals surface area contributed by atoms with Crippen molar-refractivity contribution < 1.29 is 4.74 Å². The molecular formula is C18H23BrN2O. The highest BCUT2D eigenvalue weighted by Gasteiger charge is 2.05. The van der Waals surface area contributed by atoms with E-state index in [9.17, 15) is 0 Å². The summed E-state index contributed by atoms with van der Waals surface area (Å²) in [5, 5.41) is 10.9. The van der Waals surface area contributed by atoms with E-state index in [1.807, 2.05) is 57.2 Å². The maximum absolute atomic E-state index is 7.51. The fraction of sp³-hybridized carbons (Fsp3) is 0.278.